The number of carboxylic acids is 1. The summed E-state index contributed by atoms with van der Waals surface area (Å²) in [6, 6.07) is 5.41. The van der Waals surface area contributed by atoms with Crippen molar-refractivity contribution < 1.29 is 19.7 Å². The number of thiazole rings is 1. The highest BCUT2D eigenvalue weighted by molar-refractivity contribution is 7.07. The Balaban J connectivity index is 1.43. The van der Waals surface area contributed by atoms with Crippen molar-refractivity contribution >= 4 is 39.8 Å². The van der Waals surface area contributed by atoms with Gasteiger partial charge in [0.05, 0.1) is 41.2 Å². The Morgan fingerprint density at radius 3 is 2.82 bits per heavy atom. The predicted molar refractivity (Wildman–Crippen MR) is 132 cm³/mol. The predicted octanol–water partition coefficient (Wildman–Crippen LogP) is 4.39. The van der Waals surface area contributed by atoms with Gasteiger partial charge in [-0.3, -0.25) is 14.7 Å². The monoisotopic (exact) mass is 499 g/mol. The van der Waals surface area contributed by atoms with Gasteiger partial charge < -0.3 is 14.9 Å². The minimum absolute atomic E-state index is 0.284. The molecule has 0 aliphatic carbocycles. The van der Waals surface area contributed by atoms with Crippen molar-refractivity contribution in [1.29, 1.82) is 0 Å². The molecule has 3 aromatic rings. The number of aliphatic carboxylic acids is 1. The minimum atomic E-state index is -0.914. The molecule has 0 radical (unpaired) electrons. The highest BCUT2D eigenvalue weighted by atomic mass is 35.5. The molecule has 4 rings (SSSR count). The number of hydrogen-bond acceptors (Lipinski definition) is 7. The number of carboxylic acid groups (broad SMARTS) is 1. The third-order valence-corrected chi connectivity index (χ3v) is 7.40. The van der Waals surface area contributed by atoms with Gasteiger partial charge in [0, 0.05) is 35.6 Å². The molecule has 9 heteroatoms. The molecule has 3 heterocycles. The molecule has 1 aromatic carbocycles. The Morgan fingerprint density at radius 2 is 2.15 bits per heavy atom. The van der Waals surface area contributed by atoms with E-state index >= 15 is 0 Å². The third kappa shape index (κ3) is 5.34. The first-order valence-corrected chi connectivity index (χ1v) is 12.4. The average molecular weight is 500 g/mol. The largest absolute Gasteiger partial charge is 0.497 e. The maximum absolute atomic E-state index is 12.3. The Bertz CT molecular complexity index is 1210. The SMILES string of the molecule is COc1ccc2ncc(Cl)c([C@@H](O)CCC3(C(=O)O)CCN(CC#Cc4cscn4)CC3)c2c1. The molecule has 1 aliphatic heterocycles. The summed E-state index contributed by atoms with van der Waals surface area (Å²) >= 11 is 7.92. The van der Waals surface area contributed by atoms with E-state index in [0.717, 1.165) is 5.69 Å². The zero-order valence-electron chi connectivity index (χ0n) is 18.8. The molecule has 178 valence electrons. The number of methoxy groups -OCH3 is 1. The third-order valence-electron chi connectivity index (χ3n) is 6.52. The topological polar surface area (TPSA) is 95.8 Å². The fourth-order valence-corrected chi connectivity index (χ4v) is 5.18. The number of piperidine rings is 1. The van der Waals surface area contributed by atoms with Crippen LogP contribution < -0.4 is 4.74 Å². The second-order valence-corrected chi connectivity index (χ2v) is 9.62. The Morgan fingerprint density at radius 1 is 1.35 bits per heavy atom. The van der Waals surface area contributed by atoms with E-state index in [-0.39, 0.29) is 6.42 Å². The molecule has 0 saturated carbocycles. The molecule has 0 amide bonds. The number of rotatable bonds is 7. The number of halogens is 1. The molecule has 7 nitrogen and oxygen atoms in total. The van der Waals surface area contributed by atoms with E-state index in [2.05, 4.69) is 26.7 Å². The quantitative estimate of drug-likeness (QED) is 0.465. The van der Waals surface area contributed by atoms with Crippen molar-refractivity contribution in [2.45, 2.75) is 31.8 Å². The lowest BCUT2D eigenvalue weighted by molar-refractivity contribution is -0.153. The first-order valence-electron chi connectivity index (χ1n) is 11.0. The number of aliphatic hydroxyl groups is 1. The molecule has 0 spiro atoms. The molecule has 0 bridgehead atoms. The van der Waals surface area contributed by atoms with Gasteiger partial charge in [0.15, 0.2) is 0 Å². The van der Waals surface area contributed by atoms with Crippen molar-refractivity contribution in [3.8, 4) is 17.6 Å². The van der Waals surface area contributed by atoms with Crippen molar-refractivity contribution in [2.24, 2.45) is 5.41 Å². The summed E-state index contributed by atoms with van der Waals surface area (Å²) in [4.78, 5) is 22.9. The molecule has 1 atom stereocenters. The number of fused-ring (bicyclic) bond motifs is 1. The zero-order valence-corrected chi connectivity index (χ0v) is 20.4. The van der Waals surface area contributed by atoms with Crippen LogP contribution in [0.5, 0.6) is 5.75 Å². The fraction of sp³-hybridized carbons (Fsp3) is 0.400. The van der Waals surface area contributed by atoms with Crippen LogP contribution in [-0.2, 0) is 4.79 Å². The number of hydrogen-bond donors (Lipinski definition) is 2. The summed E-state index contributed by atoms with van der Waals surface area (Å²) in [7, 11) is 1.57. The second-order valence-electron chi connectivity index (χ2n) is 8.49. The van der Waals surface area contributed by atoms with Gasteiger partial charge in [-0.2, -0.15) is 0 Å². The van der Waals surface area contributed by atoms with E-state index in [9.17, 15) is 15.0 Å². The normalized spacial score (nSPS) is 16.6. The summed E-state index contributed by atoms with van der Waals surface area (Å²) in [5.74, 6) is 5.97. The lowest BCUT2D eigenvalue weighted by atomic mass is 9.74. The Labute approximate surface area is 207 Å². The molecule has 1 fully saturated rings. The van der Waals surface area contributed by atoms with Crippen LogP contribution in [0.2, 0.25) is 5.02 Å². The molecular formula is C25H26ClN3O4S. The van der Waals surface area contributed by atoms with Crippen molar-refractivity contribution in [1.82, 2.24) is 14.9 Å². The van der Waals surface area contributed by atoms with Crippen LogP contribution in [0.4, 0.5) is 0 Å². The number of benzene rings is 1. The molecule has 0 unspecified atom stereocenters. The molecule has 1 aliphatic rings. The maximum Gasteiger partial charge on any atom is 0.309 e. The lowest BCUT2D eigenvalue weighted by Gasteiger charge is -2.38. The zero-order chi connectivity index (χ0) is 24.1. The average Bonchev–Trinajstić information content (AvgIpc) is 3.36. The van der Waals surface area contributed by atoms with Gasteiger partial charge in [-0.05, 0) is 49.8 Å². The first-order chi connectivity index (χ1) is 16.4. The number of aliphatic hydroxyl groups excluding tert-OH is 1. The van der Waals surface area contributed by atoms with Crippen LogP contribution in [0.3, 0.4) is 0 Å². The van der Waals surface area contributed by atoms with Gasteiger partial charge in [0.1, 0.15) is 11.4 Å². The van der Waals surface area contributed by atoms with E-state index in [1.165, 1.54) is 17.5 Å². The number of likely N-dealkylation sites (tertiary alicyclic amines) is 1. The van der Waals surface area contributed by atoms with Crippen LogP contribution >= 0.6 is 22.9 Å². The first kappa shape index (κ1) is 24.4. The van der Waals surface area contributed by atoms with Crippen molar-refractivity contribution in [3.63, 3.8) is 0 Å². The number of ether oxygens (including phenoxy) is 1. The van der Waals surface area contributed by atoms with Gasteiger partial charge in [0.25, 0.3) is 0 Å². The van der Waals surface area contributed by atoms with Gasteiger partial charge >= 0.3 is 5.97 Å². The van der Waals surface area contributed by atoms with Crippen LogP contribution in [-0.4, -0.2) is 57.8 Å². The summed E-state index contributed by atoms with van der Waals surface area (Å²) in [6.07, 6.45) is 2.26. The van der Waals surface area contributed by atoms with Crippen LogP contribution in [0.15, 0.2) is 35.3 Å². The number of pyridine rings is 1. The smallest absolute Gasteiger partial charge is 0.309 e. The van der Waals surface area contributed by atoms with Crippen LogP contribution in [0.1, 0.15) is 43.0 Å². The van der Waals surface area contributed by atoms with Gasteiger partial charge in [-0.15, -0.1) is 11.3 Å². The van der Waals surface area contributed by atoms with E-state index in [4.69, 9.17) is 16.3 Å². The number of nitrogens with zero attached hydrogens (tertiary/aromatic N) is 3. The highest BCUT2D eigenvalue weighted by Gasteiger charge is 2.41. The summed E-state index contributed by atoms with van der Waals surface area (Å²) in [5.41, 5.74) is 2.88. The molecule has 1 saturated heterocycles. The number of carbonyl (C=O) groups is 1. The highest BCUT2D eigenvalue weighted by Crippen LogP contribution is 2.41. The number of aromatic nitrogens is 2. The van der Waals surface area contributed by atoms with E-state index < -0.39 is 17.5 Å². The second kappa shape index (κ2) is 10.7. The summed E-state index contributed by atoms with van der Waals surface area (Å²) < 4.78 is 5.31. The lowest BCUT2D eigenvalue weighted by Crippen LogP contribution is -2.44. The van der Waals surface area contributed by atoms with Gasteiger partial charge in [0.2, 0.25) is 0 Å². The standard InChI is InChI=1S/C25H26ClN3O4S/c1-33-18-4-5-21-19(13-18)23(20(26)14-27-21)22(30)6-7-25(24(31)32)8-11-29(12-9-25)10-2-3-17-15-34-16-28-17/h4-5,13-16,22,30H,6-12H2,1H3,(H,31,32)/t22-/m0/s1. The minimum Gasteiger partial charge on any atom is -0.497 e. The molecule has 34 heavy (non-hydrogen) atoms. The van der Waals surface area contributed by atoms with Crippen LogP contribution in [0.25, 0.3) is 10.9 Å². The van der Waals surface area contributed by atoms with Gasteiger partial charge in [-0.1, -0.05) is 17.5 Å². The van der Waals surface area contributed by atoms with Crippen LogP contribution in [0, 0.1) is 17.3 Å². The van der Waals surface area contributed by atoms with E-state index in [1.54, 1.807) is 24.8 Å². The molecule has 2 N–H and O–H groups in total. The summed E-state index contributed by atoms with van der Waals surface area (Å²) in [5, 5.41) is 24.1. The maximum atomic E-state index is 12.3. The summed E-state index contributed by atoms with van der Waals surface area (Å²) in [6.45, 7) is 1.87. The van der Waals surface area contributed by atoms with Gasteiger partial charge in [-0.25, -0.2) is 4.98 Å². The van der Waals surface area contributed by atoms with Crippen molar-refractivity contribution in [2.75, 3.05) is 26.7 Å². The molecule has 2 aromatic heterocycles. The van der Waals surface area contributed by atoms with Crippen molar-refractivity contribution in [3.05, 3.63) is 51.6 Å². The Kier molecular flexibility index (Phi) is 7.69. The molecular weight excluding hydrogens is 474 g/mol. The Hall–Kier alpha value is -2.70. The van der Waals surface area contributed by atoms with E-state index in [0.29, 0.717) is 66.1 Å². The fourth-order valence-electron chi connectivity index (χ4n) is 4.42. The van der Waals surface area contributed by atoms with E-state index in [1.807, 2.05) is 11.4 Å².